The van der Waals surface area contributed by atoms with E-state index in [1.165, 1.54) is 6.92 Å². The van der Waals surface area contributed by atoms with E-state index in [2.05, 4.69) is 0 Å². The smallest absolute Gasteiger partial charge is 0.257 e. The maximum Gasteiger partial charge on any atom is 0.257 e. The van der Waals surface area contributed by atoms with Gasteiger partial charge in [0.15, 0.2) is 0 Å². The Morgan fingerprint density at radius 3 is 2.33 bits per heavy atom. The maximum absolute atomic E-state index is 13.2. The highest BCUT2D eigenvalue weighted by Crippen LogP contribution is 2.39. The van der Waals surface area contributed by atoms with Crippen molar-refractivity contribution in [3.05, 3.63) is 0 Å². The molecule has 1 rings (SSSR count). The quantitative estimate of drug-likeness (QED) is 0.646. The molecule has 1 nitrogen and oxygen atoms in total. The summed E-state index contributed by atoms with van der Waals surface area (Å²) in [5.41, 5.74) is 0. The Hall–Kier alpha value is -0.470. The van der Waals surface area contributed by atoms with Crippen LogP contribution in [0.25, 0.3) is 0 Å². The lowest BCUT2D eigenvalue weighted by atomic mass is 9.96. The van der Waals surface area contributed by atoms with Gasteiger partial charge in [0.1, 0.15) is 5.78 Å². The summed E-state index contributed by atoms with van der Waals surface area (Å²) in [6, 6.07) is 0. The lowest BCUT2D eigenvalue weighted by Crippen LogP contribution is -2.28. The molecule has 1 aliphatic rings. The molecule has 0 aromatic carbocycles. The molecule has 1 aliphatic carbocycles. The van der Waals surface area contributed by atoms with Crippen molar-refractivity contribution in [2.24, 2.45) is 5.92 Å². The van der Waals surface area contributed by atoms with Gasteiger partial charge in [-0.1, -0.05) is 12.8 Å². The zero-order valence-corrected chi connectivity index (χ0v) is 7.28. The third-order valence-electron chi connectivity index (χ3n) is 2.44. The molecule has 0 radical (unpaired) electrons. The monoisotopic (exact) mass is 176 g/mol. The molecule has 0 amide bonds. The van der Waals surface area contributed by atoms with Gasteiger partial charge >= 0.3 is 0 Å². The zero-order chi connectivity index (χ0) is 9.19. The summed E-state index contributed by atoms with van der Waals surface area (Å²) in [4.78, 5) is 10.5. The van der Waals surface area contributed by atoms with Crippen molar-refractivity contribution >= 4 is 5.78 Å². The average molecular weight is 176 g/mol. The molecule has 0 aromatic rings. The van der Waals surface area contributed by atoms with Crippen LogP contribution in [0.3, 0.4) is 0 Å². The number of carbonyl (C=O) groups excluding carboxylic acids is 1. The molecule has 1 saturated carbocycles. The summed E-state index contributed by atoms with van der Waals surface area (Å²) in [5.74, 6) is -3.70. The Morgan fingerprint density at radius 2 is 1.92 bits per heavy atom. The van der Waals surface area contributed by atoms with E-state index in [1.54, 1.807) is 0 Å². The van der Waals surface area contributed by atoms with E-state index in [4.69, 9.17) is 0 Å². The minimum absolute atomic E-state index is 0.410. The molecule has 0 unspecified atom stereocenters. The molecule has 12 heavy (non-hydrogen) atoms. The number of halogens is 2. The normalized spacial score (nSPS) is 19.9. The van der Waals surface area contributed by atoms with Crippen LogP contribution in [0.1, 0.15) is 39.0 Å². The number of carbonyl (C=O) groups is 1. The van der Waals surface area contributed by atoms with E-state index < -0.39 is 24.0 Å². The van der Waals surface area contributed by atoms with Gasteiger partial charge in [0.2, 0.25) is 0 Å². The minimum atomic E-state index is -2.75. The van der Waals surface area contributed by atoms with Crippen molar-refractivity contribution in [3.8, 4) is 0 Å². The van der Waals surface area contributed by atoms with Crippen molar-refractivity contribution in [3.63, 3.8) is 0 Å². The van der Waals surface area contributed by atoms with Gasteiger partial charge in [0, 0.05) is 5.92 Å². The standard InChI is InChI=1S/C9H14F2O/c1-7(12)6-9(10,11)8-4-2-3-5-8/h8H,2-6H2,1H3. The second-order valence-electron chi connectivity index (χ2n) is 3.62. The first kappa shape index (κ1) is 9.62. The molecule has 0 heterocycles. The van der Waals surface area contributed by atoms with Crippen LogP contribution in [0.15, 0.2) is 0 Å². The molecule has 0 aromatic heterocycles. The van der Waals surface area contributed by atoms with E-state index in [-0.39, 0.29) is 0 Å². The van der Waals surface area contributed by atoms with E-state index in [1.807, 2.05) is 0 Å². The first-order valence-corrected chi connectivity index (χ1v) is 4.39. The van der Waals surface area contributed by atoms with Gasteiger partial charge in [-0.3, -0.25) is 4.79 Å². The molecule has 0 N–H and O–H groups in total. The fourth-order valence-corrected chi connectivity index (χ4v) is 1.82. The fourth-order valence-electron chi connectivity index (χ4n) is 1.82. The summed E-state index contributed by atoms with van der Waals surface area (Å²) in [5, 5.41) is 0. The highest BCUT2D eigenvalue weighted by atomic mass is 19.3. The van der Waals surface area contributed by atoms with Crippen molar-refractivity contribution in [2.45, 2.75) is 45.0 Å². The van der Waals surface area contributed by atoms with Crippen LogP contribution in [-0.4, -0.2) is 11.7 Å². The molecule has 0 atom stereocenters. The van der Waals surface area contributed by atoms with Gasteiger partial charge in [0.25, 0.3) is 5.92 Å². The lowest BCUT2D eigenvalue weighted by Gasteiger charge is -2.21. The Labute approximate surface area is 71.1 Å². The predicted octanol–water partition coefficient (Wildman–Crippen LogP) is 2.79. The summed E-state index contributed by atoms with van der Waals surface area (Å²) in [7, 11) is 0. The van der Waals surface area contributed by atoms with Crippen molar-refractivity contribution < 1.29 is 13.6 Å². The third kappa shape index (κ3) is 2.26. The first-order valence-electron chi connectivity index (χ1n) is 4.39. The number of hydrogen-bond donors (Lipinski definition) is 0. The Kier molecular flexibility index (Phi) is 2.80. The highest BCUT2D eigenvalue weighted by Gasteiger charge is 2.41. The van der Waals surface area contributed by atoms with Crippen LogP contribution in [-0.2, 0) is 4.79 Å². The van der Waals surface area contributed by atoms with Crippen molar-refractivity contribution in [2.75, 3.05) is 0 Å². The van der Waals surface area contributed by atoms with Crippen molar-refractivity contribution in [1.82, 2.24) is 0 Å². The van der Waals surface area contributed by atoms with Gasteiger partial charge in [-0.05, 0) is 19.8 Å². The van der Waals surface area contributed by atoms with Gasteiger partial charge in [-0.25, -0.2) is 8.78 Å². The molecule has 0 spiro atoms. The minimum Gasteiger partial charge on any atom is -0.300 e. The van der Waals surface area contributed by atoms with Crippen LogP contribution < -0.4 is 0 Å². The zero-order valence-electron chi connectivity index (χ0n) is 7.28. The average Bonchev–Trinajstić information content (AvgIpc) is 2.32. The van der Waals surface area contributed by atoms with Crippen LogP contribution in [0.5, 0.6) is 0 Å². The molecule has 3 heteroatoms. The van der Waals surface area contributed by atoms with Gasteiger partial charge in [-0.2, -0.15) is 0 Å². The van der Waals surface area contributed by atoms with Gasteiger partial charge < -0.3 is 0 Å². The molecular weight excluding hydrogens is 162 g/mol. The largest absolute Gasteiger partial charge is 0.300 e. The summed E-state index contributed by atoms with van der Waals surface area (Å²) in [6.45, 7) is 1.23. The summed E-state index contributed by atoms with van der Waals surface area (Å²) in [6.07, 6.45) is 2.37. The molecular formula is C9H14F2O. The van der Waals surface area contributed by atoms with E-state index in [9.17, 15) is 13.6 Å². The topological polar surface area (TPSA) is 17.1 Å². The number of hydrogen-bond acceptors (Lipinski definition) is 1. The predicted molar refractivity (Wildman–Crippen MR) is 42.2 cm³/mol. The Bertz CT molecular complexity index is 171. The Morgan fingerprint density at radius 1 is 1.42 bits per heavy atom. The van der Waals surface area contributed by atoms with E-state index in [0.29, 0.717) is 12.8 Å². The summed E-state index contributed by atoms with van der Waals surface area (Å²) >= 11 is 0. The van der Waals surface area contributed by atoms with Gasteiger partial charge in [0.05, 0.1) is 6.42 Å². The second kappa shape index (κ2) is 3.50. The molecule has 70 valence electrons. The second-order valence-corrected chi connectivity index (χ2v) is 3.62. The number of ketones is 1. The van der Waals surface area contributed by atoms with Crippen LogP contribution >= 0.6 is 0 Å². The molecule has 1 fully saturated rings. The van der Waals surface area contributed by atoms with Crippen LogP contribution in [0, 0.1) is 5.92 Å². The maximum atomic E-state index is 13.2. The third-order valence-corrected chi connectivity index (χ3v) is 2.44. The van der Waals surface area contributed by atoms with E-state index in [0.717, 1.165) is 12.8 Å². The summed E-state index contributed by atoms with van der Waals surface area (Å²) < 4.78 is 26.3. The SMILES string of the molecule is CC(=O)CC(F)(F)C1CCCC1. The van der Waals surface area contributed by atoms with Crippen molar-refractivity contribution in [1.29, 1.82) is 0 Å². The molecule has 0 aliphatic heterocycles. The Balaban J connectivity index is 2.50. The van der Waals surface area contributed by atoms with Crippen LogP contribution in [0.2, 0.25) is 0 Å². The number of alkyl halides is 2. The molecule has 0 bridgehead atoms. The number of rotatable bonds is 3. The number of Topliss-reactive ketones (excluding diaryl/α,β-unsaturated/α-hetero) is 1. The van der Waals surface area contributed by atoms with Gasteiger partial charge in [-0.15, -0.1) is 0 Å². The fraction of sp³-hybridized carbons (Fsp3) is 0.889. The lowest BCUT2D eigenvalue weighted by molar-refractivity contribution is -0.128. The first-order chi connectivity index (χ1) is 5.52. The molecule has 0 saturated heterocycles. The van der Waals surface area contributed by atoms with E-state index >= 15 is 0 Å². The highest BCUT2D eigenvalue weighted by molar-refractivity contribution is 5.76. The van der Waals surface area contributed by atoms with Crippen LogP contribution in [0.4, 0.5) is 8.78 Å².